The summed E-state index contributed by atoms with van der Waals surface area (Å²) in [7, 11) is 0. The highest BCUT2D eigenvalue weighted by Crippen LogP contribution is 2.68. The Hall–Kier alpha value is -4.15. The Morgan fingerprint density at radius 2 is 1.63 bits per heavy atom. The smallest absolute Gasteiger partial charge is 0.308 e. The van der Waals surface area contributed by atoms with Gasteiger partial charge in [0.1, 0.15) is 0 Å². The Bertz CT molecular complexity index is 1370. The zero-order valence-corrected chi connectivity index (χ0v) is 27.8. The maximum atomic E-state index is 14.1. The first kappa shape index (κ1) is 37.7. The van der Waals surface area contributed by atoms with Crippen LogP contribution in [-0.2, 0) is 43.1 Å². The van der Waals surface area contributed by atoms with Gasteiger partial charge in [-0.15, -0.1) is 20.2 Å². The average Bonchev–Trinajstić information content (AvgIpc) is 3.32. The van der Waals surface area contributed by atoms with Crippen LogP contribution < -0.4 is 5.32 Å². The van der Waals surface area contributed by atoms with E-state index in [4.69, 9.17) is 9.47 Å². The van der Waals surface area contributed by atoms with E-state index >= 15 is 0 Å². The number of hydrogen-bond donors (Lipinski definition) is 2. The second-order valence-electron chi connectivity index (χ2n) is 13.9. The van der Waals surface area contributed by atoms with Crippen molar-refractivity contribution in [3.05, 3.63) is 31.9 Å². The molecule has 1 amide bonds. The number of carbonyl (C=O) groups excluding carboxylic acids is 5. The van der Waals surface area contributed by atoms with Gasteiger partial charge in [0, 0.05) is 31.2 Å². The van der Waals surface area contributed by atoms with Crippen molar-refractivity contribution in [2.45, 2.75) is 103 Å². The van der Waals surface area contributed by atoms with Crippen molar-refractivity contribution in [1.82, 2.24) is 5.32 Å². The molecule has 272 valence electrons. The van der Waals surface area contributed by atoms with Gasteiger partial charge in [-0.05, 0) is 80.6 Å². The van der Waals surface area contributed by atoms with E-state index in [0.717, 1.165) is 5.57 Å². The van der Waals surface area contributed by atoms with Gasteiger partial charge in [-0.1, -0.05) is 19.4 Å². The molecule has 0 spiro atoms. The average molecular weight is 696 g/mol. The molecule has 3 fully saturated rings. The summed E-state index contributed by atoms with van der Waals surface area (Å²) in [6.07, 6.45) is 3.48. The lowest BCUT2D eigenvalue weighted by molar-refractivity contribution is -0.757. The molecule has 0 aromatic rings. The van der Waals surface area contributed by atoms with Crippen molar-refractivity contribution in [3.8, 4) is 0 Å². The number of hydrogen-bond acceptors (Lipinski definition) is 14. The number of rotatable bonds is 17. The maximum Gasteiger partial charge on any atom is 0.308 e. The molecule has 4 aliphatic rings. The van der Waals surface area contributed by atoms with Crippen LogP contribution in [0, 0.1) is 48.8 Å². The number of aliphatic hydroxyl groups excluding tert-OH is 1. The molecule has 7 atom stereocenters. The number of amides is 1. The first-order valence-electron chi connectivity index (χ1n) is 16.8. The van der Waals surface area contributed by atoms with E-state index in [1.807, 2.05) is 6.92 Å². The van der Waals surface area contributed by atoms with Gasteiger partial charge in [0.05, 0.1) is 25.7 Å². The number of fused-ring (bicyclic) bond motifs is 5. The number of aliphatic hydroxyl groups is 1. The number of nitrogens with one attached hydrogen (secondary N) is 1. The SMILES string of the molecule is C[C@]12CCC(=O)C=C1CCC1C3CC[C@](OC(=O)CCCO[N+](=O)[O-])(C(=O)COC(=O)CCNC(=O)CCCO[N+](=O)[O-])[C@@]3(C)C[C@H](O)[C@@H]12. The van der Waals surface area contributed by atoms with Crippen molar-refractivity contribution in [1.29, 1.82) is 0 Å². The summed E-state index contributed by atoms with van der Waals surface area (Å²) in [5, 5.41) is 33.1. The number of Topliss-reactive ketones (excluding diaryl/α,β-unsaturated/α-hetero) is 1. The van der Waals surface area contributed by atoms with E-state index in [9.17, 15) is 49.3 Å². The van der Waals surface area contributed by atoms with Gasteiger partial charge in [-0.2, -0.15) is 0 Å². The summed E-state index contributed by atoms with van der Waals surface area (Å²) in [4.78, 5) is 93.2. The zero-order chi connectivity index (χ0) is 36.0. The van der Waals surface area contributed by atoms with Gasteiger partial charge in [-0.3, -0.25) is 24.0 Å². The topological polar surface area (TPSA) is 241 Å². The molecule has 0 aliphatic heterocycles. The fourth-order valence-electron chi connectivity index (χ4n) is 9.06. The highest BCUT2D eigenvalue weighted by Gasteiger charge is 2.70. The molecule has 0 saturated heterocycles. The van der Waals surface area contributed by atoms with E-state index in [0.29, 0.717) is 32.1 Å². The van der Waals surface area contributed by atoms with E-state index in [2.05, 4.69) is 21.9 Å². The van der Waals surface area contributed by atoms with Crippen LogP contribution in [0.3, 0.4) is 0 Å². The summed E-state index contributed by atoms with van der Waals surface area (Å²) in [5.41, 5.74) is -2.11. The molecule has 17 heteroatoms. The summed E-state index contributed by atoms with van der Waals surface area (Å²) in [6.45, 7) is 2.51. The van der Waals surface area contributed by atoms with Crippen LogP contribution in [-0.4, -0.2) is 82.8 Å². The van der Waals surface area contributed by atoms with Crippen LogP contribution in [0.15, 0.2) is 11.6 Å². The number of esters is 2. The molecular weight excluding hydrogens is 650 g/mol. The minimum Gasteiger partial charge on any atom is -0.457 e. The standard InChI is InChI=1S/C32H45N3O14/c1-30-12-9-21(36)17-20(30)7-8-22-23-10-13-32(31(23,2)18-24(37)29(22)30,49-28(41)6-4-16-48-35(44)45)25(38)19-46-27(40)11-14-33-26(39)5-3-15-47-34(42)43/h17,22-24,29,37H,3-16,18-19H2,1-2H3,(H,33,39)/t22?,23?,24-,29+,30-,31-,32-/m0/s1. The largest absolute Gasteiger partial charge is 0.457 e. The Kier molecular flexibility index (Phi) is 12.0. The number of ether oxygens (including phenoxy) is 2. The number of ketones is 2. The van der Waals surface area contributed by atoms with Crippen molar-refractivity contribution in [3.63, 3.8) is 0 Å². The molecular formula is C32H45N3O14. The van der Waals surface area contributed by atoms with Crippen LogP contribution in [0.2, 0.25) is 0 Å². The Labute approximate surface area is 282 Å². The van der Waals surface area contributed by atoms with Crippen molar-refractivity contribution in [2.24, 2.45) is 28.6 Å². The Morgan fingerprint density at radius 1 is 0.959 bits per heavy atom. The van der Waals surface area contributed by atoms with Crippen LogP contribution in [0.4, 0.5) is 0 Å². The Balaban J connectivity index is 1.46. The monoisotopic (exact) mass is 695 g/mol. The van der Waals surface area contributed by atoms with E-state index in [1.54, 1.807) is 6.08 Å². The molecule has 0 aromatic heterocycles. The van der Waals surface area contributed by atoms with Gasteiger partial charge in [0.15, 0.2) is 18.0 Å². The van der Waals surface area contributed by atoms with Crippen LogP contribution in [0.25, 0.3) is 0 Å². The predicted molar refractivity (Wildman–Crippen MR) is 165 cm³/mol. The predicted octanol–water partition coefficient (Wildman–Crippen LogP) is 2.37. The van der Waals surface area contributed by atoms with Gasteiger partial charge in [0.25, 0.3) is 10.2 Å². The number of allylic oxidation sites excluding steroid dienone is 1. The molecule has 4 rings (SSSR count). The molecule has 0 bridgehead atoms. The molecule has 0 heterocycles. The second kappa shape index (κ2) is 15.6. The molecule has 3 saturated carbocycles. The number of nitrogens with zero attached hydrogens (tertiary/aromatic N) is 2. The molecule has 0 aromatic carbocycles. The van der Waals surface area contributed by atoms with Crippen LogP contribution in [0.5, 0.6) is 0 Å². The summed E-state index contributed by atoms with van der Waals surface area (Å²) in [5.74, 6) is -2.90. The first-order valence-corrected chi connectivity index (χ1v) is 16.8. The quantitative estimate of drug-likeness (QED) is 0.0961. The number of carbonyl (C=O) groups is 5. The fraction of sp³-hybridized carbons (Fsp3) is 0.781. The minimum absolute atomic E-state index is 0.0248. The minimum atomic E-state index is -1.75. The molecule has 17 nitrogen and oxygen atoms in total. The fourth-order valence-corrected chi connectivity index (χ4v) is 9.06. The van der Waals surface area contributed by atoms with E-state index < -0.39 is 57.5 Å². The molecule has 0 radical (unpaired) electrons. The third kappa shape index (κ3) is 8.19. The van der Waals surface area contributed by atoms with Crippen LogP contribution in [0.1, 0.15) is 90.9 Å². The van der Waals surface area contributed by atoms with Gasteiger partial charge >= 0.3 is 11.9 Å². The Morgan fingerprint density at radius 3 is 2.31 bits per heavy atom. The van der Waals surface area contributed by atoms with Gasteiger partial charge < -0.3 is 29.6 Å². The highest BCUT2D eigenvalue weighted by atomic mass is 17.0. The molecule has 2 unspecified atom stereocenters. The lowest BCUT2D eigenvalue weighted by Gasteiger charge is -2.60. The van der Waals surface area contributed by atoms with Gasteiger partial charge in [0.2, 0.25) is 11.7 Å². The second-order valence-corrected chi connectivity index (χ2v) is 13.9. The molecule has 4 aliphatic carbocycles. The summed E-state index contributed by atoms with van der Waals surface area (Å²) < 4.78 is 11.3. The third-order valence-corrected chi connectivity index (χ3v) is 11.2. The zero-order valence-electron chi connectivity index (χ0n) is 27.8. The van der Waals surface area contributed by atoms with Crippen molar-refractivity contribution in [2.75, 3.05) is 26.4 Å². The van der Waals surface area contributed by atoms with Crippen molar-refractivity contribution < 1.29 is 58.4 Å². The maximum absolute atomic E-state index is 14.1. The van der Waals surface area contributed by atoms with Crippen molar-refractivity contribution >= 4 is 29.4 Å². The first-order chi connectivity index (χ1) is 23.1. The summed E-state index contributed by atoms with van der Waals surface area (Å²) in [6, 6.07) is 0. The van der Waals surface area contributed by atoms with Gasteiger partial charge in [-0.25, -0.2) is 0 Å². The third-order valence-electron chi connectivity index (χ3n) is 11.2. The lowest BCUT2D eigenvalue weighted by Crippen LogP contribution is -2.63. The molecule has 2 N–H and O–H groups in total. The van der Waals surface area contributed by atoms with E-state index in [1.165, 1.54) is 0 Å². The molecule has 49 heavy (non-hydrogen) atoms. The summed E-state index contributed by atoms with van der Waals surface area (Å²) >= 11 is 0. The highest BCUT2D eigenvalue weighted by molar-refractivity contribution is 5.93. The lowest BCUT2D eigenvalue weighted by atomic mass is 9.45. The normalized spacial score (nSPS) is 31.6. The van der Waals surface area contributed by atoms with Crippen LogP contribution >= 0.6 is 0 Å². The van der Waals surface area contributed by atoms with E-state index in [-0.39, 0.29) is 93.7 Å².